The van der Waals surface area contributed by atoms with Crippen molar-refractivity contribution in [2.75, 3.05) is 26.4 Å². The molecule has 0 rings (SSSR count). The minimum absolute atomic E-state index is 0.117. The fourth-order valence-electron chi connectivity index (χ4n) is 6.43. The maximum atomic E-state index is 12.9. The topological polar surface area (TPSA) is 155 Å². The zero-order valence-electron chi connectivity index (χ0n) is 43.4. The summed E-state index contributed by atoms with van der Waals surface area (Å²) in [5, 5.41) is 9.77. The van der Waals surface area contributed by atoms with Crippen LogP contribution in [0, 0.1) is 0 Å². The van der Waals surface area contributed by atoms with Gasteiger partial charge in [0.25, 0.3) is 0 Å². The lowest BCUT2D eigenvalue weighted by molar-refractivity contribution is -0.161. The Morgan fingerprint density at radius 2 is 0.700 bits per heavy atom. The Morgan fingerprint density at radius 3 is 1.07 bits per heavy atom. The van der Waals surface area contributed by atoms with Gasteiger partial charge in [-0.3, -0.25) is 23.4 Å². The second-order valence-corrected chi connectivity index (χ2v) is 18.3. The number of phosphoric acid groups is 1. The maximum absolute atomic E-state index is 12.9. The molecule has 0 fully saturated rings. The van der Waals surface area contributed by atoms with Gasteiger partial charge in [0.05, 0.1) is 19.8 Å². The molecule has 0 aliphatic carbocycles. The van der Waals surface area contributed by atoms with Crippen molar-refractivity contribution in [3.05, 3.63) is 122 Å². The Balaban J connectivity index is 4.85. The molecular formula is C58H93O11P. The van der Waals surface area contributed by atoms with Gasteiger partial charge in [0, 0.05) is 19.3 Å². The molecule has 0 saturated heterocycles. The van der Waals surface area contributed by atoms with Gasteiger partial charge in [-0.15, -0.1) is 0 Å². The molecule has 0 heterocycles. The van der Waals surface area contributed by atoms with Crippen molar-refractivity contribution in [3.8, 4) is 0 Å². The van der Waals surface area contributed by atoms with E-state index in [1.807, 2.05) is 0 Å². The van der Waals surface area contributed by atoms with Crippen molar-refractivity contribution < 1.29 is 52.2 Å². The number of unbranched alkanes of at least 4 members (excludes halogenated alkanes) is 10. The van der Waals surface area contributed by atoms with Gasteiger partial charge >= 0.3 is 25.7 Å². The van der Waals surface area contributed by atoms with Crippen LogP contribution in [0.1, 0.15) is 188 Å². The van der Waals surface area contributed by atoms with Crippen LogP contribution in [0.15, 0.2) is 122 Å². The molecule has 70 heavy (non-hydrogen) atoms. The summed E-state index contributed by atoms with van der Waals surface area (Å²) in [6, 6.07) is 0. The van der Waals surface area contributed by atoms with Crippen LogP contribution in [0.2, 0.25) is 0 Å². The van der Waals surface area contributed by atoms with Crippen LogP contribution in [0.3, 0.4) is 0 Å². The normalized spacial score (nSPS) is 14.4. The summed E-state index contributed by atoms with van der Waals surface area (Å²) in [5.74, 6) is -1.58. The summed E-state index contributed by atoms with van der Waals surface area (Å²) in [7, 11) is -4.77. The standard InChI is InChI=1S/C58H93O11P/c1-4-7-10-13-16-19-22-25-26-27-28-31-32-35-38-41-44-47-56(60)65-51-55(69-58(62)49-46-43-40-37-34-30-24-21-18-15-12-9-6-3)53-67-70(63,64)66-52-54(50-59)68-57(61)48-45-42-39-36-33-29-23-20-17-14-11-8-5-2/h7-12,16-21,25-26,28-31,33-34,54-55,59H,4-6,13-15,22-24,27,32,35-53H2,1-3H3,(H,63,64)/b10-7-,11-8-,12-9-,19-16-,20-17-,21-18-,26-25-,31-28-,33-29-,34-30-. The molecule has 0 aliphatic rings. The highest BCUT2D eigenvalue weighted by Crippen LogP contribution is 2.43. The van der Waals surface area contributed by atoms with Crippen molar-refractivity contribution in [2.24, 2.45) is 0 Å². The number of esters is 3. The first-order valence-electron chi connectivity index (χ1n) is 26.4. The third-order valence-corrected chi connectivity index (χ3v) is 11.3. The molecule has 0 spiro atoms. The molecule has 396 valence electrons. The Labute approximate surface area is 424 Å². The molecule has 3 unspecified atom stereocenters. The van der Waals surface area contributed by atoms with Crippen LogP contribution in [-0.2, 0) is 42.2 Å². The molecule has 0 aliphatic heterocycles. The Kier molecular flexibility index (Phi) is 48.2. The largest absolute Gasteiger partial charge is 0.472 e. The van der Waals surface area contributed by atoms with Crippen molar-refractivity contribution in [1.82, 2.24) is 0 Å². The van der Waals surface area contributed by atoms with E-state index >= 15 is 0 Å². The molecular weight excluding hydrogens is 904 g/mol. The van der Waals surface area contributed by atoms with E-state index in [0.717, 1.165) is 128 Å². The van der Waals surface area contributed by atoms with Gasteiger partial charge < -0.3 is 24.2 Å². The number of hydrogen-bond donors (Lipinski definition) is 2. The minimum atomic E-state index is -4.77. The monoisotopic (exact) mass is 997 g/mol. The predicted molar refractivity (Wildman–Crippen MR) is 288 cm³/mol. The third-order valence-electron chi connectivity index (χ3n) is 10.4. The average Bonchev–Trinajstić information content (AvgIpc) is 3.35. The summed E-state index contributed by atoms with van der Waals surface area (Å²) in [5.41, 5.74) is 0. The van der Waals surface area contributed by atoms with Gasteiger partial charge in [0.15, 0.2) is 6.10 Å². The Hall–Kier alpha value is -4.12. The summed E-state index contributed by atoms with van der Waals surface area (Å²) in [6.45, 7) is 4.16. The van der Waals surface area contributed by atoms with Crippen LogP contribution >= 0.6 is 7.82 Å². The lowest BCUT2D eigenvalue weighted by Crippen LogP contribution is -2.30. The molecule has 12 heteroatoms. The van der Waals surface area contributed by atoms with Gasteiger partial charge in [-0.1, -0.05) is 168 Å². The molecule has 0 bridgehead atoms. The first-order valence-corrected chi connectivity index (χ1v) is 27.9. The number of allylic oxidation sites excluding steroid dienone is 20. The molecule has 0 aromatic heterocycles. The van der Waals surface area contributed by atoms with Crippen molar-refractivity contribution in [2.45, 2.75) is 200 Å². The number of phosphoric ester groups is 1. The van der Waals surface area contributed by atoms with Gasteiger partial charge in [-0.05, 0) is 122 Å². The number of aliphatic hydroxyl groups is 1. The summed E-state index contributed by atoms with van der Waals surface area (Å²) < 4.78 is 39.3. The average molecular weight is 997 g/mol. The van der Waals surface area contributed by atoms with Crippen molar-refractivity contribution >= 4 is 25.7 Å². The van der Waals surface area contributed by atoms with E-state index in [1.54, 1.807) is 0 Å². The first kappa shape index (κ1) is 65.9. The van der Waals surface area contributed by atoms with E-state index in [0.29, 0.717) is 19.3 Å². The quantitative estimate of drug-likeness (QED) is 0.0197. The predicted octanol–water partition coefficient (Wildman–Crippen LogP) is 15.2. The molecule has 3 atom stereocenters. The van der Waals surface area contributed by atoms with Crippen LogP contribution < -0.4 is 0 Å². The molecule has 0 amide bonds. The van der Waals surface area contributed by atoms with Crippen LogP contribution in [0.5, 0.6) is 0 Å². The number of carbonyl (C=O) groups excluding carboxylic acids is 3. The SMILES string of the molecule is CC/C=C\C/C=C\C/C=C\C/C=C\CCCCCCC(=O)OCC(COP(=O)(O)OCC(CO)OC(=O)CCCCC/C=C\C/C=C\C/C=C\CC)OC(=O)CCCCC/C=C\C/C=C\C/C=C\CC. The van der Waals surface area contributed by atoms with Gasteiger partial charge in [0.1, 0.15) is 12.7 Å². The Morgan fingerprint density at radius 1 is 0.400 bits per heavy atom. The van der Waals surface area contributed by atoms with Crippen LogP contribution in [0.25, 0.3) is 0 Å². The maximum Gasteiger partial charge on any atom is 0.472 e. The lowest BCUT2D eigenvalue weighted by Gasteiger charge is -2.21. The Bertz CT molecular complexity index is 1630. The molecule has 0 radical (unpaired) electrons. The fraction of sp³-hybridized carbons (Fsp3) is 0.603. The molecule has 0 aromatic carbocycles. The van der Waals surface area contributed by atoms with E-state index in [9.17, 15) is 28.9 Å². The second-order valence-electron chi connectivity index (χ2n) is 16.9. The number of carbonyl (C=O) groups is 3. The fourth-order valence-corrected chi connectivity index (χ4v) is 7.22. The molecule has 2 N–H and O–H groups in total. The molecule has 11 nitrogen and oxygen atoms in total. The minimum Gasteiger partial charge on any atom is -0.462 e. The van der Waals surface area contributed by atoms with Crippen molar-refractivity contribution in [3.63, 3.8) is 0 Å². The third kappa shape index (κ3) is 48.9. The van der Waals surface area contributed by atoms with Gasteiger partial charge in [0.2, 0.25) is 0 Å². The highest BCUT2D eigenvalue weighted by Gasteiger charge is 2.28. The molecule has 0 saturated carbocycles. The summed E-state index contributed by atoms with van der Waals surface area (Å²) in [4.78, 5) is 48.4. The highest BCUT2D eigenvalue weighted by atomic mass is 31.2. The zero-order chi connectivity index (χ0) is 51.3. The van der Waals surface area contributed by atoms with E-state index in [-0.39, 0.29) is 25.9 Å². The zero-order valence-corrected chi connectivity index (χ0v) is 44.3. The van der Waals surface area contributed by atoms with Gasteiger partial charge in [-0.25, -0.2) is 4.57 Å². The number of hydrogen-bond acceptors (Lipinski definition) is 10. The number of rotatable bonds is 47. The summed E-state index contributed by atoms with van der Waals surface area (Å²) in [6.07, 6.45) is 61.7. The number of aliphatic hydroxyl groups excluding tert-OH is 1. The number of ether oxygens (including phenoxy) is 3. The lowest BCUT2D eigenvalue weighted by atomic mass is 10.1. The first-order chi connectivity index (χ1) is 34.2. The smallest absolute Gasteiger partial charge is 0.462 e. The van der Waals surface area contributed by atoms with E-state index in [1.165, 1.54) is 0 Å². The molecule has 0 aromatic rings. The summed E-state index contributed by atoms with van der Waals surface area (Å²) >= 11 is 0. The van der Waals surface area contributed by atoms with Crippen LogP contribution in [-0.4, -0.2) is 66.5 Å². The van der Waals surface area contributed by atoms with Gasteiger partial charge in [-0.2, -0.15) is 0 Å². The van der Waals surface area contributed by atoms with Crippen molar-refractivity contribution in [1.29, 1.82) is 0 Å². The second kappa shape index (κ2) is 51.2. The van der Waals surface area contributed by atoms with E-state index < -0.39 is 57.8 Å². The van der Waals surface area contributed by atoms with E-state index in [2.05, 4.69) is 142 Å². The van der Waals surface area contributed by atoms with Crippen LogP contribution in [0.4, 0.5) is 0 Å². The highest BCUT2D eigenvalue weighted by molar-refractivity contribution is 7.47. The van der Waals surface area contributed by atoms with E-state index in [4.69, 9.17) is 23.3 Å².